The van der Waals surface area contributed by atoms with Crippen molar-refractivity contribution in [2.45, 2.75) is 26.3 Å². The number of hydrazone groups is 1. The van der Waals surface area contributed by atoms with Crippen molar-refractivity contribution in [3.05, 3.63) is 99.5 Å². The molecule has 0 heterocycles. The molecule has 0 fully saturated rings. The first-order valence-corrected chi connectivity index (χ1v) is 13.1. The van der Waals surface area contributed by atoms with Gasteiger partial charge < -0.3 is 0 Å². The number of amides is 1. The molecule has 0 unspecified atom stereocenters. The van der Waals surface area contributed by atoms with Crippen molar-refractivity contribution < 1.29 is 13.2 Å². The summed E-state index contributed by atoms with van der Waals surface area (Å²) >= 11 is 12.3. The SMILES string of the molecule is C/C(CCc1ccccc1)=N/NC(=O)c1ccc(CN(c2cccc(Cl)c2Cl)S(C)(=O)=O)cc1. The molecule has 0 aliphatic heterocycles. The van der Waals surface area contributed by atoms with Crippen molar-refractivity contribution in [1.29, 1.82) is 0 Å². The predicted octanol–water partition coefficient (Wildman–Crippen LogP) is 5.70. The van der Waals surface area contributed by atoms with Gasteiger partial charge in [0.2, 0.25) is 10.0 Å². The van der Waals surface area contributed by atoms with Gasteiger partial charge >= 0.3 is 0 Å². The molecule has 3 aromatic carbocycles. The minimum Gasteiger partial charge on any atom is -0.267 e. The van der Waals surface area contributed by atoms with Crippen LogP contribution in [-0.2, 0) is 23.0 Å². The molecule has 34 heavy (non-hydrogen) atoms. The van der Waals surface area contributed by atoms with E-state index in [0.717, 1.165) is 24.8 Å². The second-order valence-electron chi connectivity index (χ2n) is 7.81. The maximum atomic E-state index is 12.5. The molecule has 0 saturated carbocycles. The number of anilines is 1. The number of nitrogens with one attached hydrogen (secondary N) is 1. The van der Waals surface area contributed by atoms with Gasteiger partial charge in [-0.25, -0.2) is 13.8 Å². The molecule has 0 saturated heterocycles. The van der Waals surface area contributed by atoms with E-state index in [4.69, 9.17) is 23.2 Å². The maximum absolute atomic E-state index is 12.5. The van der Waals surface area contributed by atoms with Crippen molar-refractivity contribution in [2.75, 3.05) is 10.6 Å². The van der Waals surface area contributed by atoms with Gasteiger partial charge in [0.05, 0.1) is 28.5 Å². The molecule has 0 aliphatic rings. The van der Waals surface area contributed by atoms with E-state index in [0.29, 0.717) is 16.8 Å². The van der Waals surface area contributed by atoms with E-state index in [1.807, 2.05) is 25.1 Å². The van der Waals surface area contributed by atoms with E-state index in [-0.39, 0.29) is 22.5 Å². The van der Waals surface area contributed by atoms with Crippen LogP contribution in [0.2, 0.25) is 10.0 Å². The number of aryl methyl sites for hydroxylation is 1. The van der Waals surface area contributed by atoms with Crippen LogP contribution in [0.1, 0.15) is 34.8 Å². The Morgan fingerprint density at radius 3 is 2.26 bits per heavy atom. The van der Waals surface area contributed by atoms with Crippen molar-refractivity contribution >= 4 is 50.5 Å². The molecule has 0 bridgehead atoms. The van der Waals surface area contributed by atoms with Gasteiger partial charge in [0.25, 0.3) is 5.91 Å². The smallest absolute Gasteiger partial charge is 0.267 e. The van der Waals surface area contributed by atoms with E-state index < -0.39 is 10.0 Å². The number of rotatable bonds is 9. The molecular formula is C25H25Cl2N3O3S. The first-order valence-electron chi connectivity index (χ1n) is 10.5. The summed E-state index contributed by atoms with van der Waals surface area (Å²) in [5, 5.41) is 4.60. The summed E-state index contributed by atoms with van der Waals surface area (Å²) in [6, 6.07) is 21.5. The van der Waals surface area contributed by atoms with Gasteiger partial charge in [-0.2, -0.15) is 5.10 Å². The minimum atomic E-state index is -3.63. The Kier molecular flexibility index (Phi) is 8.72. The Morgan fingerprint density at radius 1 is 0.941 bits per heavy atom. The molecule has 3 aromatic rings. The monoisotopic (exact) mass is 517 g/mol. The van der Waals surface area contributed by atoms with E-state index in [1.54, 1.807) is 42.5 Å². The molecule has 0 atom stereocenters. The molecule has 0 spiro atoms. The zero-order chi connectivity index (χ0) is 24.7. The van der Waals surface area contributed by atoms with Gasteiger partial charge in [-0.1, -0.05) is 71.7 Å². The maximum Gasteiger partial charge on any atom is 0.271 e. The van der Waals surface area contributed by atoms with Gasteiger partial charge in [-0.15, -0.1) is 0 Å². The van der Waals surface area contributed by atoms with Gasteiger partial charge in [0, 0.05) is 11.3 Å². The third kappa shape index (κ3) is 7.06. The standard InChI is InChI=1S/C25H25Cl2N3O3S/c1-18(11-12-19-7-4-3-5-8-19)28-29-25(31)21-15-13-20(14-16-21)17-30(34(2,32)33)23-10-6-9-22(26)24(23)27/h3-10,13-16H,11-12,17H2,1-2H3,(H,29,31)/b28-18-. The van der Waals surface area contributed by atoms with E-state index in [9.17, 15) is 13.2 Å². The zero-order valence-electron chi connectivity index (χ0n) is 18.8. The highest BCUT2D eigenvalue weighted by Crippen LogP contribution is 2.34. The van der Waals surface area contributed by atoms with Crippen LogP contribution in [0.15, 0.2) is 77.9 Å². The Bertz CT molecular complexity index is 1280. The van der Waals surface area contributed by atoms with Crippen molar-refractivity contribution in [2.24, 2.45) is 5.10 Å². The number of carbonyl (C=O) groups excluding carboxylic acids is 1. The molecule has 9 heteroatoms. The number of sulfonamides is 1. The third-order valence-electron chi connectivity index (χ3n) is 5.11. The summed E-state index contributed by atoms with van der Waals surface area (Å²) in [5.74, 6) is -0.344. The van der Waals surface area contributed by atoms with Crippen molar-refractivity contribution in [1.82, 2.24) is 5.43 Å². The molecule has 3 rings (SSSR count). The van der Waals surface area contributed by atoms with Crippen molar-refractivity contribution in [3.63, 3.8) is 0 Å². The fourth-order valence-corrected chi connectivity index (χ4v) is 4.57. The lowest BCUT2D eigenvalue weighted by molar-refractivity contribution is 0.0954. The highest BCUT2D eigenvalue weighted by Gasteiger charge is 2.21. The van der Waals surface area contributed by atoms with Crippen LogP contribution < -0.4 is 9.73 Å². The van der Waals surface area contributed by atoms with Crippen LogP contribution in [0.5, 0.6) is 0 Å². The van der Waals surface area contributed by atoms with Gasteiger partial charge in [-0.05, 0) is 55.2 Å². The lowest BCUT2D eigenvalue weighted by Crippen LogP contribution is -2.29. The highest BCUT2D eigenvalue weighted by molar-refractivity contribution is 7.92. The van der Waals surface area contributed by atoms with E-state index in [2.05, 4.69) is 22.7 Å². The molecule has 0 aliphatic carbocycles. The lowest BCUT2D eigenvalue weighted by atomic mass is 10.1. The van der Waals surface area contributed by atoms with Crippen LogP contribution in [0.3, 0.4) is 0 Å². The van der Waals surface area contributed by atoms with E-state index in [1.165, 1.54) is 9.87 Å². The largest absolute Gasteiger partial charge is 0.271 e. The summed E-state index contributed by atoms with van der Waals surface area (Å²) in [5.41, 5.74) is 5.98. The van der Waals surface area contributed by atoms with Gasteiger partial charge in [0.15, 0.2) is 0 Å². The normalized spacial score (nSPS) is 11.8. The summed E-state index contributed by atoms with van der Waals surface area (Å²) in [6.07, 6.45) is 2.68. The average Bonchev–Trinajstić information content (AvgIpc) is 2.82. The average molecular weight is 518 g/mol. The first kappa shape index (κ1) is 25.7. The fourth-order valence-electron chi connectivity index (χ4n) is 3.23. The number of hydrogen-bond donors (Lipinski definition) is 1. The summed E-state index contributed by atoms with van der Waals surface area (Å²) in [4.78, 5) is 12.5. The Morgan fingerprint density at radius 2 is 1.62 bits per heavy atom. The summed E-state index contributed by atoms with van der Waals surface area (Å²) < 4.78 is 26.0. The van der Waals surface area contributed by atoms with E-state index >= 15 is 0 Å². The van der Waals surface area contributed by atoms with Crippen LogP contribution in [0, 0.1) is 0 Å². The molecule has 1 amide bonds. The van der Waals surface area contributed by atoms with Crippen LogP contribution in [-0.4, -0.2) is 26.3 Å². The molecule has 178 valence electrons. The number of carbonyl (C=O) groups is 1. The zero-order valence-corrected chi connectivity index (χ0v) is 21.2. The second-order valence-corrected chi connectivity index (χ2v) is 10.5. The second kappa shape index (κ2) is 11.5. The number of hydrogen-bond acceptors (Lipinski definition) is 4. The van der Waals surface area contributed by atoms with Crippen LogP contribution in [0.25, 0.3) is 0 Å². The third-order valence-corrected chi connectivity index (χ3v) is 7.04. The lowest BCUT2D eigenvalue weighted by Gasteiger charge is -2.24. The number of halogens is 2. The Balaban J connectivity index is 1.65. The van der Waals surface area contributed by atoms with Crippen LogP contribution >= 0.6 is 23.2 Å². The highest BCUT2D eigenvalue weighted by atomic mass is 35.5. The van der Waals surface area contributed by atoms with Gasteiger partial charge in [0.1, 0.15) is 0 Å². The molecule has 1 N–H and O–H groups in total. The Labute approximate surface area is 210 Å². The molecule has 6 nitrogen and oxygen atoms in total. The summed E-state index contributed by atoms with van der Waals surface area (Å²) in [6.45, 7) is 1.91. The first-order chi connectivity index (χ1) is 16.1. The topological polar surface area (TPSA) is 78.8 Å². The minimum absolute atomic E-state index is 0.0392. The summed E-state index contributed by atoms with van der Waals surface area (Å²) in [7, 11) is -3.63. The number of nitrogens with zero attached hydrogens (tertiary/aromatic N) is 2. The quantitative estimate of drug-likeness (QED) is 0.292. The molecule has 0 radical (unpaired) electrons. The fraction of sp³-hybridized carbons (Fsp3) is 0.200. The number of benzene rings is 3. The predicted molar refractivity (Wildman–Crippen MR) is 139 cm³/mol. The molecular weight excluding hydrogens is 493 g/mol. The van der Waals surface area contributed by atoms with Gasteiger partial charge in [-0.3, -0.25) is 9.10 Å². The molecule has 0 aromatic heterocycles. The van der Waals surface area contributed by atoms with Crippen molar-refractivity contribution in [3.8, 4) is 0 Å². The van der Waals surface area contributed by atoms with Crippen LogP contribution in [0.4, 0.5) is 5.69 Å². The Hall–Kier alpha value is -2.87.